The summed E-state index contributed by atoms with van der Waals surface area (Å²) in [7, 11) is 1.82. The Hall–Kier alpha value is -0.470. The molecule has 1 aromatic heterocycles. The van der Waals surface area contributed by atoms with Crippen molar-refractivity contribution in [3.05, 3.63) is 31.7 Å². The van der Waals surface area contributed by atoms with E-state index in [0.717, 1.165) is 11.4 Å². The van der Waals surface area contributed by atoms with Crippen molar-refractivity contribution in [2.24, 2.45) is 7.05 Å². The normalized spacial score (nSPS) is 10.4. The molecule has 0 N–H and O–H groups in total. The van der Waals surface area contributed by atoms with Crippen molar-refractivity contribution in [3.63, 3.8) is 0 Å². The van der Waals surface area contributed by atoms with Crippen molar-refractivity contribution in [2.45, 2.75) is 13.8 Å². The zero-order chi connectivity index (χ0) is 9.46. The van der Waals surface area contributed by atoms with Gasteiger partial charge in [-0.25, -0.2) is 0 Å². The van der Waals surface area contributed by atoms with Gasteiger partial charge < -0.3 is 4.57 Å². The Labute approximate surface area is 80.7 Å². The minimum atomic E-state index is -0.286. The molecular weight excluding hydrogens is 197 g/mol. The molecule has 0 bridgehead atoms. The predicted molar refractivity (Wildman–Crippen MR) is 51.2 cm³/mol. The summed E-state index contributed by atoms with van der Waals surface area (Å²) in [5.74, 6) is 0. The quantitative estimate of drug-likeness (QED) is 0.638. The average Bonchev–Trinajstić information content (AvgIpc) is 2.08. The predicted octanol–water partition coefficient (Wildman–Crippen LogP) is 2.31. The van der Waals surface area contributed by atoms with Crippen LogP contribution in [0.3, 0.4) is 0 Å². The molecule has 0 aromatic carbocycles. The zero-order valence-electron chi connectivity index (χ0n) is 7.11. The maximum absolute atomic E-state index is 11.3. The van der Waals surface area contributed by atoms with Gasteiger partial charge in [0.15, 0.2) is 0 Å². The van der Waals surface area contributed by atoms with Crippen LogP contribution in [-0.4, -0.2) is 4.57 Å². The van der Waals surface area contributed by atoms with Gasteiger partial charge in [-0.3, -0.25) is 4.79 Å². The number of nitrogens with zero attached hydrogens (tertiary/aromatic N) is 1. The fraction of sp³-hybridized carbons (Fsp3) is 0.375. The number of hydrogen-bond donors (Lipinski definition) is 0. The number of halogens is 2. The Morgan fingerprint density at radius 1 is 1.08 bits per heavy atom. The van der Waals surface area contributed by atoms with Gasteiger partial charge in [-0.05, 0) is 13.8 Å². The van der Waals surface area contributed by atoms with Crippen molar-refractivity contribution in [2.75, 3.05) is 0 Å². The smallest absolute Gasteiger partial charge is 0.219 e. The highest BCUT2D eigenvalue weighted by Gasteiger charge is 2.10. The molecule has 0 saturated heterocycles. The topological polar surface area (TPSA) is 22.0 Å². The minimum Gasteiger partial charge on any atom is -0.349 e. The van der Waals surface area contributed by atoms with Crippen LogP contribution in [0.15, 0.2) is 4.79 Å². The Balaban J connectivity index is 3.73. The highest BCUT2D eigenvalue weighted by molar-refractivity contribution is 6.35. The minimum absolute atomic E-state index is 0.202. The Kier molecular flexibility index (Phi) is 2.49. The van der Waals surface area contributed by atoms with Crippen molar-refractivity contribution in [3.8, 4) is 0 Å². The van der Waals surface area contributed by atoms with Crippen molar-refractivity contribution < 1.29 is 0 Å². The number of rotatable bonds is 0. The van der Waals surface area contributed by atoms with Crippen LogP contribution in [0, 0.1) is 13.8 Å². The van der Waals surface area contributed by atoms with E-state index >= 15 is 0 Å². The third-order valence-corrected chi connectivity index (χ3v) is 2.93. The molecule has 2 nitrogen and oxygen atoms in total. The van der Waals surface area contributed by atoms with Gasteiger partial charge >= 0.3 is 0 Å². The standard InChI is InChI=1S/C8H9Cl2NO/c1-4-6(9)8(12)7(10)5(2)11(4)3/h1-3H3. The molecule has 1 rings (SSSR count). The molecule has 0 aliphatic rings. The third kappa shape index (κ3) is 1.25. The van der Waals surface area contributed by atoms with Crippen LogP contribution in [0.2, 0.25) is 10.0 Å². The van der Waals surface area contributed by atoms with E-state index in [1.807, 2.05) is 7.05 Å². The Morgan fingerprint density at radius 2 is 1.42 bits per heavy atom. The van der Waals surface area contributed by atoms with Gasteiger partial charge in [0.1, 0.15) is 10.0 Å². The van der Waals surface area contributed by atoms with Gasteiger partial charge in [0.05, 0.1) is 0 Å². The summed E-state index contributed by atoms with van der Waals surface area (Å²) in [5.41, 5.74) is 1.19. The first-order valence-electron chi connectivity index (χ1n) is 3.48. The van der Waals surface area contributed by atoms with Gasteiger partial charge in [0.2, 0.25) is 5.43 Å². The lowest BCUT2D eigenvalue weighted by atomic mass is 10.3. The molecule has 66 valence electrons. The summed E-state index contributed by atoms with van der Waals surface area (Å²) in [6.07, 6.45) is 0. The van der Waals surface area contributed by atoms with Crippen molar-refractivity contribution in [1.29, 1.82) is 0 Å². The van der Waals surface area contributed by atoms with E-state index in [0.29, 0.717) is 0 Å². The first-order chi connectivity index (χ1) is 5.46. The molecule has 0 aliphatic carbocycles. The number of hydrogen-bond acceptors (Lipinski definition) is 1. The Morgan fingerprint density at radius 3 is 1.75 bits per heavy atom. The van der Waals surface area contributed by atoms with Gasteiger partial charge in [-0.1, -0.05) is 23.2 Å². The molecule has 0 radical (unpaired) electrons. The maximum atomic E-state index is 11.3. The highest BCUT2D eigenvalue weighted by Crippen LogP contribution is 2.17. The largest absolute Gasteiger partial charge is 0.349 e. The van der Waals surface area contributed by atoms with E-state index in [9.17, 15) is 4.79 Å². The zero-order valence-corrected chi connectivity index (χ0v) is 8.62. The Bertz CT molecular complexity index is 349. The second-order valence-corrected chi connectivity index (χ2v) is 3.44. The summed E-state index contributed by atoms with van der Waals surface area (Å²) in [5, 5.41) is 0.404. The highest BCUT2D eigenvalue weighted by atomic mass is 35.5. The van der Waals surface area contributed by atoms with Gasteiger partial charge in [-0.2, -0.15) is 0 Å². The molecule has 0 spiro atoms. The molecule has 0 aliphatic heterocycles. The van der Waals surface area contributed by atoms with Crippen LogP contribution in [0.1, 0.15) is 11.4 Å². The van der Waals surface area contributed by atoms with Crippen LogP contribution in [-0.2, 0) is 7.05 Å². The fourth-order valence-corrected chi connectivity index (χ4v) is 1.46. The van der Waals surface area contributed by atoms with Gasteiger partial charge in [0, 0.05) is 18.4 Å². The number of pyridine rings is 1. The first-order valence-corrected chi connectivity index (χ1v) is 4.23. The van der Waals surface area contributed by atoms with E-state index < -0.39 is 0 Å². The molecule has 4 heteroatoms. The van der Waals surface area contributed by atoms with Crippen LogP contribution < -0.4 is 5.43 Å². The summed E-state index contributed by atoms with van der Waals surface area (Å²) in [4.78, 5) is 11.3. The molecule has 0 amide bonds. The molecular formula is C8H9Cl2NO. The van der Waals surface area contributed by atoms with Crippen molar-refractivity contribution >= 4 is 23.2 Å². The average molecular weight is 206 g/mol. The van der Waals surface area contributed by atoms with Crippen LogP contribution in [0.4, 0.5) is 0 Å². The van der Waals surface area contributed by atoms with E-state index in [1.54, 1.807) is 18.4 Å². The van der Waals surface area contributed by atoms with Crippen LogP contribution in [0.5, 0.6) is 0 Å². The van der Waals surface area contributed by atoms with Crippen molar-refractivity contribution in [1.82, 2.24) is 4.57 Å². The summed E-state index contributed by atoms with van der Waals surface area (Å²) in [6.45, 7) is 3.57. The SMILES string of the molecule is Cc1c(Cl)c(=O)c(Cl)c(C)n1C. The van der Waals surface area contributed by atoms with Crippen LogP contribution >= 0.6 is 23.2 Å². The molecule has 12 heavy (non-hydrogen) atoms. The van der Waals surface area contributed by atoms with Crippen LogP contribution in [0.25, 0.3) is 0 Å². The fourth-order valence-electron chi connectivity index (χ4n) is 0.971. The first kappa shape index (κ1) is 9.62. The monoisotopic (exact) mass is 205 g/mol. The lowest BCUT2D eigenvalue weighted by Gasteiger charge is -2.10. The number of aromatic nitrogens is 1. The summed E-state index contributed by atoms with van der Waals surface area (Å²) in [6, 6.07) is 0. The molecule has 1 aromatic rings. The second-order valence-electron chi connectivity index (χ2n) is 2.69. The molecule has 0 fully saturated rings. The molecule has 0 saturated carbocycles. The van der Waals surface area contributed by atoms with E-state index in [-0.39, 0.29) is 15.5 Å². The summed E-state index contributed by atoms with van der Waals surface area (Å²) >= 11 is 11.5. The van der Waals surface area contributed by atoms with E-state index in [4.69, 9.17) is 23.2 Å². The molecule has 0 atom stereocenters. The molecule has 1 heterocycles. The van der Waals surface area contributed by atoms with Gasteiger partial charge in [0.25, 0.3) is 0 Å². The second kappa shape index (κ2) is 3.11. The lowest BCUT2D eigenvalue weighted by molar-refractivity contribution is 0.813. The lowest BCUT2D eigenvalue weighted by Crippen LogP contribution is -2.14. The summed E-state index contributed by atoms with van der Waals surface area (Å²) < 4.78 is 1.80. The molecule has 0 unspecified atom stereocenters. The van der Waals surface area contributed by atoms with E-state index in [1.165, 1.54) is 0 Å². The third-order valence-electron chi connectivity index (χ3n) is 2.04. The maximum Gasteiger partial charge on any atom is 0.219 e. The van der Waals surface area contributed by atoms with E-state index in [2.05, 4.69) is 0 Å². The van der Waals surface area contributed by atoms with Gasteiger partial charge in [-0.15, -0.1) is 0 Å².